The molecule has 0 saturated heterocycles. The van der Waals surface area contributed by atoms with Crippen LogP contribution in [0.4, 0.5) is 10.8 Å². The molecule has 0 aliphatic heterocycles. The first-order chi connectivity index (χ1) is 13.4. The van der Waals surface area contributed by atoms with Crippen LogP contribution >= 0.6 is 11.3 Å². The highest BCUT2D eigenvalue weighted by molar-refractivity contribution is 7.93. The quantitative estimate of drug-likeness (QED) is 0.460. The first-order valence-electron chi connectivity index (χ1n) is 7.79. The minimum Gasteiger partial charge on any atom is -0.484 e. The Kier molecular flexibility index (Phi) is 5.66. The molecule has 0 aliphatic rings. The van der Waals surface area contributed by atoms with Gasteiger partial charge in [0.15, 0.2) is 11.7 Å². The Balaban J connectivity index is 1.67. The van der Waals surface area contributed by atoms with Crippen LogP contribution in [0.1, 0.15) is 0 Å². The molecular weight excluding hydrogens is 406 g/mol. The molecule has 11 heteroatoms. The van der Waals surface area contributed by atoms with Crippen LogP contribution in [0, 0.1) is 10.1 Å². The van der Waals surface area contributed by atoms with Gasteiger partial charge in [0.1, 0.15) is 9.96 Å². The van der Waals surface area contributed by atoms with Crippen LogP contribution in [0.2, 0.25) is 0 Å². The number of hydrogen-bond donors (Lipinski definition) is 1. The topological polar surface area (TPSA) is 128 Å². The normalized spacial score (nSPS) is 11.0. The Labute approximate surface area is 163 Å². The van der Waals surface area contributed by atoms with Crippen molar-refractivity contribution < 1.29 is 22.9 Å². The third-order valence-electron chi connectivity index (χ3n) is 3.47. The Morgan fingerprint density at radius 1 is 1.14 bits per heavy atom. The summed E-state index contributed by atoms with van der Waals surface area (Å²) in [7, 11) is -3.90. The number of nitro benzene ring substituents is 1. The smallest absolute Gasteiger partial charge is 0.269 e. The summed E-state index contributed by atoms with van der Waals surface area (Å²) < 4.78 is 30.4. The van der Waals surface area contributed by atoms with Crippen LogP contribution in [0.5, 0.6) is 5.75 Å². The molecular formula is C17H13N3O6S2. The van der Waals surface area contributed by atoms with Crippen LogP contribution in [0.3, 0.4) is 0 Å². The number of carbonyl (C=O) groups excluding carboxylic acids is 1. The number of amides is 1. The predicted octanol–water partition coefficient (Wildman–Crippen LogP) is 2.90. The largest absolute Gasteiger partial charge is 0.484 e. The maximum atomic E-state index is 12.6. The van der Waals surface area contributed by atoms with Crippen molar-refractivity contribution in [2.45, 2.75) is 9.10 Å². The van der Waals surface area contributed by atoms with E-state index < -0.39 is 20.7 Å². The third-order valence-corrected chi connectivity index (χ3v) is 6.61. The molecule has 1 aromatic heterocycles. The first-order valence-corrected chi connectivity index (χ1v) is 10.1. The minimum atomic E-state index is -3.90. The molecule has 2 aromatic carbocycles. The van der Waals surface area contributed by atoms with E-state index in [1.807, 2.05) is 6.07 Å². The second-order valence-corrected chi connectivity index (χ2v) is 8.60. The number of aromatic nitrogens is 1. The van der Waals surface area contributed by atoms with Gasteiger partial charge in [-0.2, -0.15) is 0 Å². The summed E-state index contributed by atoms with van der Waals surface area (Å²) in [6, 6.07) is 13.3. The molecule has 144 valence electrons. The summed E-state index contributed by atoms with van der Waals surface area (Å²) in [5.74, 6) is 0.0377. The van der Waals surface area contributed by atoms with Crippen LogP contribution in [0.25, 0.3) is 0 Å². The first kappa shape index (κ1) is 19.5. The number of ether oxygens (including phenoxy) is 1. The van der Waals surface area contributed by atoms with Crippen LogP contribution < -0.4 is 10.1 Å². The SMILES string of the molecule is O=C(COc1ccccc1)Nc1ncc(S(=O)(=O)c2ccc([N+](=O)[O-])cc2)s1. The molecule has 3 rings (SSSR count). The molecule has 0 atom stereocenters. The number of sulfone groups is 1. The molecule has 0 radical (unpaired) electrons. The summed E-state index contributed by atoms with van der Waals surface area (Å²) in [4.78, 5) is 25.8. The number of nitrogens with one attached hydrogen (secondary N) is 1. The molecule has 28 heavy (non-hydrogen) atoms. The number of rotatable bonds is 7. The number of nitrogens with zero attached hydrogens (tertiary/aromatic N) is 2. The van der Waals surface area contributed by atoms with Crippen molar-refractivity contribution in [3.8, 4) is 5.75 Å². The van der Waals surface area contributed by atoms with Gasteiger partial charge in [-0.3, -0.25) is 20.2 Å². The van der Waals surface area contributed by atoms with E-state index in [0.29, 0.717) is 5.75 Å². The van der Waals surface area contributed by atoms with Crippen LogP contribution in [-0.2, 0) is 14.6 Å². The second-order valence-electron chi connectivity index (χ2n) is 5.39. The Hall–Kier alpha value is -3.31. The maximum Gasteiger partial charge on any atom is 0.269 e. The molecule has 0 fully saturated rings. The number of non-ortho nitro benzene ring substituents is 1. The fourth-order valence-corrected chi connectivity index (χ4v) is 4.57. The van der Waals surface area contributed by atoms with Gasteiger partial charge in [-0.25, -0.2) is 13.4 Å². The lowest BCUT2D eigenvalue weighted by atomic mass is 10.3. The number of nitro groups is 1. The van der Waals surface area contributed by atoms with Gasteiger partial charge in [0.2, 0.25) is 9.84 Å². The van der Waals surface area contributed by atoms with Gasteiger partial charge in [0.25, 0.3) is 11.6 Å². The van der Waals surface area contributed by atoms with E-state index in [9.17, 15) is 23.3 Å². The lowest BCUT2D eigenvalue weighted by Crippen LogP contribution is -2.19. The van der Waals surface area contributed by atoms with Gasteiger partial charge in [-0.05, 0) is 24.3 Å². The predicted molar refractivity (Wildman–Crippen MR) is 101 cm³/mol. The summed E-state index contributed by atoms with van der Waals surface area (Å²) in [5, 5.41) is 13.2. The van der Waals surface area contributed by atoms with Crippen molar-refractivity contribution >= 4 is 37.9 Å². The van der Waals surface area contributed by atoms with E-state index in [4.69, 9.17) is 4.74 Å². The molecule has 0 unspecified atom stereocenters. The van der Waals surface area contributed by atoms with Gasteiger partial charge < -0.3 is 4.74 Å². The molecule has 0 aliphatic carbocycles. The van der Waals surface area contributed by atoms with E-state index in [0.717, 1.165) is 41.8 Å². The van der Waals surface area contributed by atoms with Gasteiger partial charge in [0.05, 0.1) is 16.0 Å². The summed E-state index contributed by atoms with van der Waals surface area (Å²) in [5.41, 5.74) is -0.213. The highest BCUT2D eigenvalue weighted by Gasteiger charge is 2.22. The van der Waals surface area contributed by atoms with Gasteiger partial charge in [-0.1, -0.05) is 29.5 Å². The van der Waals surface area contributed by atoms with Crippen molar-refractivity contribution in [3.63, 3.8) is 0 Å². The van der Waals surface area contributed by atoms with Crippen molar-refractivity contribution in [2.24, 2.45) is 0 Å². The van der Waals surface area contributed by atoms with E-state index in [2.05, 4.69) is 10.3 Å². The lowest BCUT2D eigenvalue weighted by Gasteiger charge is -2.05. The lowest BCUT2D eigenvalue weighted by molar-refractivity contribution is -0.384. The average Bonchev–Trinajstić information content (AvgIpc) is 3.16. The van der Waals surface area contributed by atoms with Crippen LogP contribution in [-0.4, -0.2) is 30.8 Å². The van der Waals surface area contributed by atoms with Crippen molar-refractivity contribution in [2.75, 3.05) is 11.9 Å². The molecule has 0 saturated carbocycles. The van der Waals surface area contributed by atoms with E-state index in [1.165, 1.54) is 0 Å². The van der Waals surface area contributed by atoms with Crippen molar-refractivity contribution in [1.82, 2.24) is 4.98 Å². The maximum absolute atomic E-state index is 12.6. The molecule has 3 aromatic rings. The van der Waals surface area contributed by atoms with Crippen LogP contribution in [0.15, 0.2) is 69.9 Å². The monoisotopic (exact) mass is 419 g/mol. The highest BCUT2D eigenvalue weighted by atomic mass is 32.2. The molecule has 1 amide bonds. The minimum absolute atomic E-state index is 0.0966. The zero-order valence-electron chi connectivity index (χ0n) is 14.1. The van der Waals surface area contributed by atoms with E-state index >= 15 is 0 Å². The number of benzene rings is 2. The average molecular weight is 419 g/mol. The molecule has 9 nitrogen and oxygen atoms in total. The summed E-state index contributed by atoms with van der Waals surface area (Å²) >= 11 is 0.775. The van der Waals surface area contributed by atoms with E-state index in [-0.39, 0.29) is 26.5 Å². The summed E-state index contributed by atoms with van der Waals surface area (Å²) in [6.07, 6.45) is 1.12. The Morgan fingerprint density at radius 3 is 2.46 bits per heavy atom. The molecule has 1 heterocycles. The number of carbonyl (C=O) groups is 1. The zero-order chi connectivity index (χ0) is 20.1. The molecule has 0 spiro atoms. The fourth-order valence-electron chi connectivity index (χ4n) is 2.13. The Bertz CT molecular complexity index is 1100. The van der Waals surface area contributed by atoms with E-state index in [1.54, 1.807) is 24.3 Å². The van der Waals surface area contributed by atoms with Gasteiger partial charge in [0, 0.05) is 12.1 Å². The Morgan fingerprint density at radius 2 is 1.82 bits per heavy atom. The number of para-hydroxylation sites is 1. The highest BCUT2D eigenvalue weighted by Crippen LogP contribution is 2.29. The number of thiazole rings is 1. The number of anilines is 1. The number of hydrogen-bond acceptors (Lipinski definition) is 8. The summed E-state index contributed by atoms with van der Waals surface area (Å²) in [6.45, 7) is -0.256. The second kappa shape index (κ2) is 8.15. The van der Waals surface area contributed by atoms with Crippen molar-refractivity contribution in [1.29, 1.82) is 0 Å². The fraction of sp³-hybridized carbons (Fsp3) is 0.0588. The standard InChI is InChI=1S/C17H13N3O6S2/c21-15(11-26-13-4-2-1-3-5-13)19-17-18-10-16(27-17)28(24,25)14-8-6-12(7-9-14)20(22)23/h1-10H,11H2,(H,18,19,21). The van der Waals surface area contributed by atoms with Gasteiger partial charge >= 0.3 is 0 Å². The third kappa shape index (κ3) is 4.50. The molecule has 0 bridgehead atoms. The van der Waals surface area contributed by atoms with Crippen molar-refractivity contribution in [3.05, 3.63) is 70.9 Å². The molecule has 1 N–H and O–H groups in total. The van der Waals surface area contributed by atoms with Gasteiger partial charge in [-0.15, -0.1) is 0 Å². The zero-order valence-corrected chi connectivity index (χ0v) is 15.8.